The van der Waals surface area contributed by atoms with Gasteiger partial charge in [0.05, 0.1) is 13.2 Å². The molecule has 0 fully saturated rings. The van der Waals surface area contributed by atoms with Crippen LogP contribution in [0.15, 0.2) is 0 Å². The van der Waals surface area contributed by atoms with Crippen molar-refractivity contribution >= 4 is 43.4 Å². The lowest BCUT2D eigenvalue weighted by molar-refractivity contribution is 0.0727. The number of nitrogens with zero attached hydrogens (tertiary/aromatic N) is 3. The Morgan fingerprint density at radius 2 is 0.881 bits per heavy atom. The maximum absolute atomic E-state index is 12.8. The van der Waals surface area contributed by atoms with E-state index in [2.05, 4.69) is 100 Å². The van der Waals surface area contributed by atoms with Crippen molar-refractivity contribution in [1.82, 2.24) is 30.7 Å². The number of carbonyl (C=O) groups excluding carboxylic acids is 3. The summed E-state index contributed by atoms with van der Waals surface area (Å²) in [5, 5.41) is 8.69. The second kappa shape index (κ2) is 34.8. The molecule has 0 aliphatic rings. The number of hydrogen-bond donors (Lipinski definition) is 3. The number of rotatable bonds is 38. The first-order valence-electron chi connectivity index (χ1n) is 22.6. The number of carbonyl (C=O) groups is 3. The molecule has 0 spiro atoms. The zero-order chi connectivity index (χ0) is 44.4. The molecule has 0 aromatic carbocycles. The first-order chi connectivity index (χ1) is 27.9. The Kier molecular flexibility index (Phi) is 33.7. The van der Waals surface area contributed by atoms with Gasteiger partial charge in [-0.3, -0.25) is 0 Å². The quantitative estimate of drug-likeness (QED) is 0.0419. The zero-order valence-corrected chi connectivity index (χ0v) is 42.6. The van der Waals surface area contributed by atoms with Crippen LogP contribution in [0.2, 0.25) is 51.4 Å². The van der Waals surface area contributed by atoms with Crippen LogP contribution in [-0.2, 0) is 27.2 Å². The molecule has 0 unspecified atom stereocenters. The molecule has 15 nitrogen and oxygen atoms in total. The zero-order valence-electron chi connectivity index (χ0n) is 39.6. The van der Waals surface area contributed by atoms with E-state index in [0.717, 1.165) is 102 Å². The van der Waals surface area contributed by atoms with Crippen LogP contribution < -0.4 is 16.0 Å². The summed E-state index contributed by atoms with van der Waals surface area (Å²) >= 11 is 0. The lowest BCUT2D eigenvalue weighted by atomic mass is 10.2. The predicted octanol–water partition coefficient (Wildman–Crippen LogP) is 7.45. The minimum atomic E-state index is -2.33. The summed E-state index contributed by atoms with van der Waals surface area (Å²) < 4.78 is 35.4. The van der Waals surface area contributed by atoms with E-state index in [1.54, 1.807) is 0 Å². The average Bonchev–Trinajstić information content (AvgIpc) is 3.13. The van der Waals surface area contributed by atoms with E-state index in [0.29, 0.717) is 46.1 Å². The van der Waals surface area contributed by atoms with Crippen LogP contribution in [-0.4, -0.2) is 172 Å². The second-order valence-corrected chi connectivity index (χ2v) is 30.2. The van der Waals surface area contributed by atoms with Crippen LogP contribution in [0, 0.1) is 0 Å². The maximum atomic E-state index is 12.8. The van der Waals surface area contributed by atoms with Crippen LogP contribution >= 0.6 is 0 Å². The van der Waals surface area contributed by atoms with Crippen molar-refractivity contribution in [2.24, 2.45) is 0 Å². The largest absolute Gasteiger partial charge is 0.447 e. The van der Waals surface area contributed by atoms with Gasteiger partial charge >= 0.3 is 26.8 Å². The van der Waals surface area contributed by atoms with Crippen LogP contribution in [0.25, 0.3) is 0 Å². The van der Waals surface area contributed by atoms with Crippen LogP contribution in [0.4, 0.5) is 14.4 Å². The standard InChI is InChI=1S/C41H90N6O9Si3/c1-12-13-14-17-25-43-40(49)53-35-33-51-31-22-37-57(6,7)55-59(10,11)56-58(8,9)38-23-32-52-34-36-54-41(50)44-26-19-16-15-18-24-42-39(48)47(29-20-27-45(2)3)30-21-28-46(4)5/h12-38H2,1-11H3,(H,42,48)(H,43,49)(H,44,50). The van der Waals surface area contributed by atoms with Gasteiger partial charge in [0, 0.05) is 45.9 Å². The van der Waals surface area contributed by atoms with Crippen LogP contribution in [0.1, 0.15) is 84.0 Å². The van der Waals surface area contributed by atoms with Crippen LogP contribution in [0.5, 0.6) is 0 Å². The summed E-state index contributed by atoms with van der Waals surface area (Å²) in [6.07, 6.45) is 11.1. The number of alkyl carbamates (subject to hydrolysis) is 2. The topological polar surface area (TPSA) is 152 Å². The average molecular weight is 895 g/mol. The molecule has 0 radical (unpaired) electrons. The predicted molar refractivity (Wildman–Crippen MR) is 248 cm³/mol. The lowest BCUT2D eigenvalue weighted by Gasteiger charge is -2.38. The van der Waals surface area contributed by atoms with Gasteiger partial charge in [-0.15, -0.1) is 0 Å². The normalized spacial score (nSPS) is 12.2. The van der Waals surface area contributed by atoms with Gasteiger partial charge in [-0.05, 0) is 138 Å². The monoisotopic (exact) mass is 895 g/mol. The molecule has 4 amide bonds. The molecule has 3 N–H and O–H groups in total. The van der Waals surface area contributed by atoms with E-state index >= 15 is 0 Å². The third-order valence-corrected chi connectivity index (χ3v) is 20.9. The van der Waals surface area contributed by atoms with E-state index in [-0.39, 0.29) is 25.3 Å². The molecule has 0 aromatic rings. The molecule has 0 saturated heterocycles. The number of urea groups is 1. The summed E-state index contributed by atoms with van der Waals surface area (Å²) in [7, 11) is 1.97. The Morgan fingerprint density at radius 3 is 1.29 bits per heavy atom. The number of ether oxygens (including phenoxy) is 4. The highest BCUT2D eigenvalue weighted by Crippen LogP contribution is 2.26. The van der Waals surface area contributed by atoms with Crippen molar-refractivity contribution < 1.29 is 41.6 Å². The number of nitrogens with one attached hydrogen (secondary N) is 3. The highest BCUT2D eigenvalue weighted by Gasteiger charge is 2.39. The smallest absolute Gasteiger partial charge is 0.407 e. The van der Waals surface area contributed by atoms with Gasteiger partial charge in [0.2, 0.25) is 0 Å². The van der Waals surface area contributed by atoms with E-state index in [9.17, 15) is 14.4 Å². The maximum Gasteiger partial charge on any atom is 0.407 e. The highest BCUT2D eigenvalue weighted by atomic mass is 28.5. The second-order valence-electron chi connectivity index (χ2n) is 17.7. The lowest BCUT2D eigenvalue weighted by Crippen LogP contribution is -2.52. The van der Waals surface area contributed by atoms with Crippen molar-refractivity contribution in [2.75, 3.05) is 114 Å². The first-order valence-corrected chi connectivity index (χ1v) is 31.6. The van der Waals surface area contributed by atoms with Gasteiger partial charge < -0.3 is 57.8 Å². The van der Waals surface area contributed by atoms with Crippen molar-refractivity contribution in [3.05, 3.63) is 0 Å². The van der Waals surface area contributed by atoms with Crippen molar-refractivity contribution in [3.63, 3.8) is 0 Å². The molecule has 0 heterocycles. The van der Waals surface area contributed by atoms with Crippen molar-refractivity contribution in [1.29, 1.82) is 0 Å². The molecule has 18 heteroatoms. The summed E-state index contributed by atoms with van der Waals surface area (Å²) in [5.74, 6) is 0. The number of hydrogen-bond acceptors (Lipinski definition) is 11. The molecule has 0 saturated carbocycles. The molecule has 0 rings (SSSR count). The van der Waals surface area contributed by atoms with Gasteiger partial charge in [-0.1, -0.05) is 39.0 Å². The Labute approximate surface area is 363 Å². The first kappa shape index (κ1) is 57.2. The van der Waals surface area contributed by atoms with E-state index in [1.165, 1.54) is 12.8 Å². The van der Waals surface area contributed by atoms with E-state index < -0.39 is 31.3 Å². The molecule has 0 aliphatic carbocycles. The number of amides is 4. The minimum Gasteiger partial charge on any atom is -0.447 e. The van der Waals surface area contributed by atoms with E-state index in [4.69, 9.17) is 27.2 Å². The van der Waals surface area contributed by atoms with Gasteiger partial charge in [0.15, 0.2) is 16.6 Å². The van der Waals surface area contributed by atoms with Gasteiger partial charge in [-0.2, -0.15) is 0 Å². The van der Waals surface area contributed by atoms with E-state index in [1.807, 2.05) is 4.90 Å². The Balaban J connectivity index is 4.00. The Morgan fingerprint density at radius 1 is 0.475 bits per heavy atom. The number of unbranched alkanes of at least 4 members (excludes halogenated alkanes) is 6. The van der Waals surface area contributed by atoms with Crippen LogP contribution in [0.3, 0.4) is 0 Å². The SMILES string of the molecule is CCCCCCNC(=O)OCCOCCC[Si](C)(C)O[Si](C)(C)O[Si](C)(C)CCCOCCOC(=O)NCCCCCCNC(=O)N(CCCN(C)C)CCCN(C)C. The van der Waals surface area contributed by atoms with Crippen molar-refractivity contribution in [3.8, 4) is 0 Å². The summed E-state index contributed by atoms with van der Waals surface area (Å²) in [6.45, 7) is 23.2. The highest BCUT2D eigenvalue weighted by molar-refractivity contribution is 6.87. The third kappa shape index (κ3) is 37.7. The molecular formula is C41H90N6O9Si3. The summed E-state index contributed by atoms with van der Waals surface area (Å²) in [6, 6.07) is 1.95. The minimum absolute atomic E-state index is 0.0227. The molecular weight excluding hydrogens is 805 g/mol. The Bertz CT molecular complexity index is 1060. The molecule has 0 bridgehead atoms. The molecule has 0 aromatic heterocycles. The summed E-state index contributed by atoms with van der Waals surface area (Å²) in [4.78, 5) is 42.8. The molecule has 59 heavy (non-hydrogen) atoms. The van der Waals surface area contributed by atoms with Gasteiger partial charge in [-0.25, -0.2) is 14.4 Å². The Hall–Kier alpha value is -1.78. The molecule has 0 aliphatic heterocycles. The van der Waals surface area contributed by atoms with Gasteiger partial charge in [0.25, 0.3) is 0 Å². The fourth-order valence-corrected chi connectivity index (χ4v) is 20.7. The van der Waals surface area contributed by atoms with Crippen molar-refractivity contribution in [2.45, 2.75) is 135 Å². The molecule has 350 valence electrons. The molecule has 0 atom stereocenters. The summed E-state index contributed by atoms with van der Waals surface area (Å²) in [5.41, 5.74) is 0. The van der Waals surface area contributed by atoms with Gasteiger partial charge in [0.1, 0.15) is 13.2 Å². The third-order valence-electron chi connectivity index (χ3n) is 9.40. The fourth-order valence-electron chi connectivity index (χ4n) is 6.66. The fraction of sp³-hybridized carbons (Fsp3) is 0.927.